The zero-order valence-corrected chi connectivity index (χ0v) is 24.3. The van der Waals surface area contributed by atoms with Crippen LogP contribution in [0.3, 0.4) is 0 Å². The summed E-state index contributed by atoms with van der Waals surface area (Å²) in [5.41, 5.74) is 13.2. The van der Waals surface area contributed by atoms with Crippen molar-refractivity contribution in [3.8, 4) is 11.5 Å². The van der Waals surface area contributed by atoms with Gasteiger partial charge in [-0.25, -0.2) is 0 Å². The summed E-state index contributed by atoms with van der Waals surface area (Å²) in [6.45, 7) is 17.9. The highest BCUT2D eigenvalue weighted by Crippen LogP contribution is 2.34. The van der Waals surface area contributed by atoms with Crippen LogP contribution in [0.25, 0.3) is 21.7 Å². The molecule has 2 atom stereocenters. The summed E-state index contributed by atoms with van der Waals surface area (Å²) >= 11 is 0. The third kappa shape index (κ3) is 9.00. The normalized spacial score (nSPS) is 14.5. The second kappa shape index (κ2) is 12.3. The molecular formula is C30H48N4O3. The van der Waals surface area contributed by atoms with E-state index >= 15 is 0 Å². The van der Waals surface area contributed by atoms with Gasteiger partial charge >= 0.3 is 0 Å². The molecule has 3 rings (SSSR count). The highest BCUT2D eigenvalue weighted by atomic mass is 16.5. The lowest BCUT2D eigenvalue weighted by Gasteiger charge is -2.33. The van der Waals surface area contributed by atoms with Crippen LogP contribution in [0.1, 0.15) is 74.7 Å². The maximum absolute atomic E-state index is 12.5. The molecule has 7 heteroatoms. The predicted molar refractivity (Wildman–Crippen MR) is 155 cm³/mol. The Labute approximate surface area is 222 Å². The molecule has 0 aliphatic rings. The molecule has 5 N–H and O–H groups in total. The van der Waals surface area contributed by atoms with Crippen LogP contribution in [0.5, 0.6) is 11.5 Å². The van der Waals surface area contributed by atoms with E-state index in [1.54, 1.807) is 42.2 Å². The number of aromatic hydroxyl groups is 1. The molecule has 206 valence electrons. The smallest absolute Gasteiger partial charge is 0.260 e. The zero-order valence-electron chi connectivity index (χ0n) is 24.3. The van der Waals surface area contributed by atoms with Crippen molar-refractivity contribution < 1.29 is 9.84 Å². The Kier molecular flexibility index (Phi) is 10.1. The lowest BCUT2D eigenvalue weighted by atomic mass is 9.77. The second-order valence-electron chi connectivity index (χ2n) is 12.8. The van der Waals surface area contributed by atoms with Crippen molar-refractivity contribution in [2.24, 2.45) is 35.8 Å². The van der Waals surface area contributed by atoms with Crippen molar-refractivity contribution in [2.45, 2.75) is 86.2 Å². The number of aryl methyl sites for hydroxylation is 1. The van der Waals surface area contributed by atoms with E-state index in [-0.39, 0.29) is 22.9 Å². The first kappa shape index (κ1) is 30.6. The number of benzene rings is 1. The molecule has 7 nitrogen and oxygen atoms in total. The Morgan fingerprint density at radius 3 is 2.27 bits per heavy atom. The Hall–Kier alpha value is -2.64. The van der Waals surface area contributed by atoms with Gasteiger partial charge in [0.25, 0.3) is 5.56 Å². The number of phenolic OH excluding ortho intramolecular Hbond substituents is 1. The summed E-state index contributed by atoms with van der Waals surface area (Å²) < 4.78 is 7.25. The molecule has 1 aromatic carbocycles. The third-order valence-corrected chi connectivity index (χ3v) is 6.12. The van der Waals surface area contributed by atoms with Gasteiger partial charge in [-0.05, 0) is 61.0 Å². The number of aromatic nitrogens is 2. The topological polar surface area (TPSA) is 116 Å². The number of nitrogens with zero attached hydrogens (tertiary/aromatic N) is 2. The van der Waals surface area contributed by atoms with E-state index < -0.39 is 0 Å². The predicted octanol–water partition coefficient (Wildman–Crippen LogP) is 5.73. The van der Waals surface area contributed by atoms with E-state index in [1.807, 2.05) is 0 Å². The van der Waals surface area contributed by atoms with E-state index in [0.29, 0.717) is 40.5 Å². The Morgan fingerprint density at radius 2 is 1.70 bits per heavy atom. The van der Waals surface area contributed by atoms with Crippen molar-refractivity contribution in [1.82, 2.24) is 9.55 Å². The molecule has 2 heterocycles. The van der Waals surface area contributed by atoms with Crippen molar-refractivity contribution in [3.05, 3.63) is 40.9 Å². The average molecular weight is 513 g/mol. The van der Waals surface area contributed by atoms with Crippen LogP contribution in [-0.4, -0.2) is 32.8 Å². The molecular weight excluding hydrogens is 464 g/mol. The van der Waals surface area contributed by atoms with Gasteiger partial charge in [-0.15, -0.1) is 0 Å². The minimum atomic E-state index is -0.135. The largest absolute Gasteiger partial charge is 0.504 e. The van der Waals surface area contributed by atoms with Crippen molar-refractivity contribution >= 4 is 21.7 Å². The molecule has 0 aliphatic heterocycles. The van der Waals surface area contributed by atoms with Crippen LogP contribution in [-0.2, 0) is 7.05 Å². The van der Waals surface area contributed by atoms with Gasteiger partial charge in [0, 0.05) is 42.5 Å². The first-order chi connectivity index (χ1) is 17.0. The minimum absolute atomic E-state index is 0.00637. The SMILES string of the molecule is CC(C)CC(C)(N)CC(C)(C)C.CC(C)C[C@H](N)COc1cc2c(cc1O)c1ccncc1c(=O)n2C. The van der Waals surface area contributed by atoms with Crippen molar-refractivity contribution in [2.75, 3.05) is 6.61 Å². The summed E-state index contributed by atoms with van der Waals surface area (Å²) in [6, 6.07) is 4.98. The number of fused-ring (bicyclic) bond motifs is 3. The zero-order chi connectivity index (χ0) is 28.1. The van der Waals surface area contributed by atoms with Crippen LogP contribution in [0.2, 0.25) is 0 Å². The molecule has 0 saturated heterocycles. The number of ether oxygens (including phenoxy) is 1. The molecule has 0 amide bonds. The molecule has 0 radical (unpaired) electrons. The van der Waals surface area contributed by atoms with E-state index in [0.717, 1.165) is 30.0 Å². The summed E-state index contributed by atoms with van der Waals surface area (Å²) in [4.78, 5) is 16.5. The van der Waals surface area contributed by atoms with Gasteiger partial charge in [0.2, 0.25) is 0 Å². The molecule has 0 spiro atoms. The average Bonchev–Trinajstić information content (AvgIpc) is 2.73. The van der Waals surface area contributed by atoms with Crippen LogP contribution in [0, 0.1) is 17.3 Å². The number of rotatable bonds is 8. The number of nitrogens with two attached hydrogens (primary N) is 2. The van der Waals surface area contributed by atoms with E-state index in [2.05, 4.69) is 60.4 Å². The fourth-order valence-electron chi connectivity index (χ4n) is 5.34. The molecule has 3 aromatic rings. The van der Waals surface area contributed by atoms with E-state index in [4.69, 9.17) is 16.2 Å². The monoisotopic (exact) mass is 512 g/mol. The standard InChI is InChI=1S/C19H23N3O3.C11H25N/c1-11(2)6-12(20)10-25-18-8-16-14(7-17(18)23)13-4-5-21-9-15(13)19(24)22(16)3;1-9(2)7-11(6,12)8-10(3,4)5/h4-5,7-9,11-12,23H,6,10,20H2,1-3H3;9H,7-8,12H2,1-6H3/t12-;/m0./s1. The first-order valence-electron chi connectivity index (χ1n) is 13.3. The number of pyridine rings is 2. The number of hydrogen-bond donors (Lipinski definition) is 3. The summed E-state index contributed by atoms with van der Waals surface area (Å²) in [6.07, 6.45) is 6.23. The molecule has 0 fully saturated rings. The van der Waals surface area contributed by atoms with Crippen LogP contribution >= 0.6 is 0 Å². The Balaban J connectivity index is 0.000000341. The van der Waals surface area contributed by atoms with E-state index in [9.17, 15) is 9.90 Å². The summed E-state index contributed by atoms with van der Waals surface area (Å²) in [7, 11) is 1.70. The van der Waals surface area contributed by atoms with Gasteiger partial charge < -0.3 is 25.9 Å². The first-order valence-corrected chi connectivity index (χ1v) is 13.3. The summed E-state index contributed by atoms with van der Waals surface area (Å²) in [5.74, 6) is 1.53. The Bertz CT molecular complexity index is 1240. The third-order valence-electron chi connectivity index (χ3n) is 6.12. The molecule has 1 unspecified atom stereocenters. The highest BCUT2D eigenvalue weighted by Gasteiger charge is 2.26. The van der Waals surface area contributed by atoms with Crippen LogP contribution < -0.4 is 21.8 Å². The quantitative estimate of drug-likeness (QED) is 0.332. The minimum Gasteiger partial charge on any atom is -0.504 e. The van der Waals surface area contributed by atoms with E-state index in [1.165, 1.54) is 0 Å². The van der Waals surface area contributed by atoms with Gasteiger partial charge in [-0.2, -0.15) is 0 Å². The molecule has 2 aromatic heterocycles. The lowest BCUT2D eigenvalue weighted by Crippen LogP contribution is -2.41. The number of phenols is 1. The highest BCUT2D eigenvalue weighted by molar-refractivity contribution is 6.06. The van der Waals surface area contributed by atoms with Gasteiger partial charge in [-0.3, -0.25) is 9.78 Å². The maximum atomic E-state index is 12.5. The molecule has 0 aliphatic carbocycles. The van der Waals surface area contributed by atoms with Crippen molar-refractivity contribution in [3.63, 3.8) is 0 Å². The Morgan fingerprint density at radius 1 is 1.05 bits per heavy atom. The van der Waals surface area contributed by atoms with Gasteiger partial charge in [0.15, 0.2) is 11.5 Å². The number of hydrogen-bond acceptors (Lipinski definition) is 6. The van der Waals surface area contributed by atoms with Gasteiger partial charge in [0.1, 0.15) is 6.61 Å². The van der Waals surface area contributed by atoms with Crippen LogP contribution in [0.15, 0.2) is 35.4 Å². The summed E-state index contributed by atoms with van der Waals surface area (Å²) in [5, 5.41) is 12.4. The molecule has 37 heavy (non-hydrogen) atoms. The van der Waals surface area contributed by atoms with Crippen molar-refractivity contribution in [1.29, 1.82) is 0 Å². The van der Waals surface area contributed by atoms with Gasteiger partial charge in [0.05, 0.1) is 10.9 Å². The lowest BCUT2D eigenvalue weighted by molar-refractivity contribution is 0.239. The van der Waals surface area contributed by atoms with Gasteiger partial charge in [-0.1, -0.05) is 48.5 Å². The second-order valence-corrected chi connectivity index (χ2v) is 12.8. The fourth-order valence-corrected chi connectivity index (χ4v) is 5.34. The molecule has 0 bridgehead atoms. The van der Waals surface area contributed by atoms with Crippen LogP contribution in [0.4, 0.5) is 0 Å². The molecule has 0 saturated carbocycles. The fraction of sp³-hybridized carbons (Fsp3) is 0.600. The maximum Gasteiger partial charge on any atom is 0.260 e.